The lowest BCUT2D eigenvalue weighted by molar-refractivity contribution is 0.136. The van der Waals surface area contributed by atoms with E-state index in [1.807, 2.05) is 36.5 Å². The number of amides is 1. The maximum absolute atomic E-state index is 11.8. The van der Waals surface area contributed by atoms with Gasteiger partial charge in [-0.15, -0.1) is 0 Å². The monoisotopic (exact) mass is 365 g/mol. The Kier molecular flexibility index (Phi) is 5.28. The van der Waals surface area contributed by atoms with Crippen LogP contribution in [0.5, 0.6) is 0 Å². The Labute approximate surface area is 160 Å². The summed E-state index contributed by atoms with van der Waals surface area (Å²) in [5.41, 5.74) is 1.26. The highest BCUT2D eigenvalue weighted by molar-refractivity contribution is 5.66. The first kappa shape index (κ1) is 17.8. The zero-order valence-corrected chi connectivity index (χ0v) is 15.6. The molecule has 0 radical (unpaired) electrons. The van der Waals surface area contributed by atoms with Gasteiger partial charge in [-0.3, -0.25) is 0 Å². The van der Waals surface area contributed by atoms with Crippen LogP contribution in [0.4, 0.5) is 10.6 Å². The normalized spacial score (nSPS) is 22.4. The maximum atomic E-state index is 11.8. The van der Waals surface area contributed by atoms with E-state index in [4.69, 9.17) is 0 Å². The van der Waals surface area contributed by atoms with Crippen molar-refractivity contribution in [2.45, 2.75) is 37.6 Å². The maximum Gasteiger partial charge on any atom is 0.407 e. The van der Waals surface area contributed by atoms with Crippen molar-refractivity contribution in [1.29, 1.82) is 0 Å². The third-order valence-corrected chi connectivity index (χ3v) is 6.00. The lowest BCUT2D eigenvalue weighted by Gasteiger charge is -2.33. The summed E-state index contributed by atoms with van der Waals surface area (Å²) in [6, 6.07) is 16.5. The highest BCUT2D eigenvalue weighted by Gasteiger charge is 2.44. The summed E-state index contributed by atoms with van der Waals surface area (Å²) >= 11 is 0. The Balaban J connectivity index is 1.27. The van der Waals surface area contributed by atoms with Crippen LogP contribution in [-0.4, -0.2) is 46.8 Å². The molecule has 2 aromatic rings. The van der Waals surface area contributed by atoms with Crippen molar-refractivity contribution >= 4 is 11.9 Å². The topological polar surface area (TPSA) is 56.7 Å². The number of carbonyl (C=O) groups is 1. The second-order valence-electron chi connectivity index (χ2n) is 7.70. The number of carboxylic acid groups (broad SMARTS) is 1. The number of piperidine rings is 1. The molecule has 0 spiro atoms. The molecule has 0 unspecified atom stereocenters. The van der Waals surface area contributed by atoms with Crippen LogP contribution in [0.2, 0.25) is 0 Å². The van der Waals surface area contributed by atoms with Gasteiger partial charge in [-0.2, -0.15) is 0 Å². The summed E-state index contributed by atoms with van der Waals surface area (Å²) < 4.78 is 0. The first-order valence-electron chi connectivity index (χ1n) is 9.93. The highest BCUT2D eigenvalue weighted by Crippen LogP contribution is 2.45. The van der Waals surface area contributed by atoms with Crippen molar-refractivity contribution in [2.75, 3.05) is 24.5 Å². The summed E-state index contributed by atoms with van der Waals surface area (Å²) in [6.45, 7) is 2.66. The second-order valence-corrected chi connectivity index (χ2v) is 7.70. The highest BCUT2D eigenvalue weighted by atomic mass is 16.4. The van der Waals surface area contributed by atoms with Gasteiger partial charge in [-0.25, -0.2) is 9.78 Å². The van der Waals surface area contributed by atoms with E-state index in [2.05, 4.69) is 28.1 Å². The van der Waals surface area contributed by atoms with Gasteiger partial charge in [0.15, 0.2) is 0 Å². The molecule has 2 fully saturated rings. The van der Waals surface area contributed by atoms with Crippen molar-refractivity contribution in [3.8, 4) is 0 Å². The van der Waals surface area contributed by atoms with E-state index in [1.165, 1.54) is 5.56 Å². The van der Waals surface area contributed by atoms with E-state index in [9.17, 15) is 9.90 Å². The molecule has 2 heterocycles. The van der Waals surface area contributed by atoms with Crippen molar-refractivity contribution in [1.82, 2.24) is 9.88 Å². The van der Waals surface area contributed by atoms with E-state index in [1.54, 1.807) is 4.90 Å². The molecule has 5 nitrogen and oxygen atoms in total. The molecular weight excluding hydrogens is 338 g/mol. The predicted molar refractivity (Wildman–Crippen MR) is 106 cm³/mol. The summed E-state index contributed by atoms with van der Waals surface area (Å²) in [5, 5.41) is 9.68. The summed E-state index contributed by atoms with van der Waals surface area (Å²) in [5.74, 6) is 2.01. The molecule has 1 saturated carbocycles. The Hall–Kier alpha value is -2.56. The van der Waals surface area contributed by atoms with Crippen molar-refractivity contribution < 1.29 is 9.90 Å². The van der Waals surface area contributed by atoms with Gasteiger partial charge >= 0.3 is 6.09 Å². The largest absolute Gasteiger partial charge is 0.465 e. The number of hydrogen-bond acceptors (Lipinski definition) is 3. The smallest absolute Gasteiger partial charge is 0.407 e. The number of anilines is 1. The quantitative estimate of drug-likeness (QED) is 0.832. The molecule has 1 aromatic heterocycles. The van der Waals surface area contributed by atoms with Crippen molar-refractivity contribution in [3.63, 3.8) is 0 Å². The molecule has 4 rings (SSSR count). The first-order chi connectivity index (χ1) is 13.2. The second kappa shape index (κ2) is 7.99. The molecule has 5 heteroatoms. The molecule has 1 N–H and O–H groups in total. The fourth-order valence-corrected chi connectivity index (χ4v) is 4.30. The van der Waals surface area contributed by atoms with Crippen LogP contribution in [0, 0.1) is 5.92 Å². The minimum Gasteiger partial charge on any atom is -0.465 e. The SMILES string of the molecule is O=C(O)N(CCC1CCN(c2ccccn2)CC1)[C@@H]1C[C@H]1c1ccccc1. The van der Waals surface area contributed by atoms with Gasteiger partial charge in [-0.1, -0.05) is 36.4 Å². The number of nitrogens with zero attached hydrogens (tertiary/aromatic N) is 3. The van der Waals surface area contributed by atoms with Gasteiger partial charge in [0.2, 0.25) is 0 Å². The lowest BCUT2D eigenvalue weighted by atomic mass is 9.93. The van der Waals surface area contributed by atoms with E-state index in [-0.39, 0.29) is 6.04 Å². The first-order valence-corrected chi connectivity index (χ1v) is 9.93. The third-order valence-electron chi connectivity index (χ3n) is 6.00. The Morgan fingerprint density at radius 1 is 1.11 bits per heavy atom. The number of aromatic nitrogens is 1. The summed E-state index contributed by atoms with van der Waals surface area (Å²) in [6.07, 6.45) is 5.19. The molecule has 27 heavy (non-hydrogen) atoms. The van der Waals surface area contributed by atoms with Crippen LogP contribution in [0.1, 0.15) is 37.2 Å². The van der Waals surface area contributed by atoms with Gasteiger partial charge < -0.3 is 14.9 Å². The third kappa shape index (κ3) is 4.24. The molecule has 1 amide bonds. The van der Waals surface area contributed by atoms with Crippen LogP contribution in [0.25, 0.3) is 0 Å². The van der Waals surface area contributed by atoms with Crippen molar-refractivity contribution in [3.05, 3.63) is 60.3 Å². The number of benzene rings is 1. The lowest BCUT2D eigenvalue weighted by Crippen LogP contribution is -2.37. The Morgan fingerprint density at radius 3 is 2.52 bits per heavy atom. The molecular formula is C22H27N3O2. The fraction of sp³-hybridized carbons (Fsp3) is 0.455. The van der Waals surface area contributed by atoms with Crippen LogP contribution >= 0.6 is 0 Å². The van der Waals surface area contributed by atoms with Gasteiger partial charge in [0, 0.05) is 37.8 Å². The van der Waals surface area contributed by atoms with Crippen LogP contribution in [0.3, 0.4) is 0 Å². The van der Waals surface area contributed by atoms with Crippen LogP contribution in [0.15, 0.2) is 54.7 Å². The number of pyridine rings is 1. The number of hydrogen-bond donors (Lipinski definition) is 1. The Morgan fingerprint density at radius 2 is 1.85 bits per heavy atom. The van der Waals surface area contributed by atoms with Gasteiger partial charge in [-0.05, 0) is 49.3 Å². The molecule has 1 aliphatic heterocycles. The number of rotatable bonds is 6. The molecule has 2 aliphatic rings. The molecule has 1 aromatic carbocycles. The van der Waals surface area contributed by atoms with Gasteiger partial charge in [0.1, 0.15) is 5.82 Å². The zero-order valence-electron chi connectivity index (χ0n) is 15.6. The fourth-order valence-electron chi connectivity index (χ4n) is 4.30. The van der Waals surface area contributed by atoms with Gasteiger partial charge in [0.25, 0.3) is 0 Å². The average molecular weight is 365 g/mol. The van der Waals surface area contributed by atoms with E-state index < -0.39 is 6.09 Å². The summed E-state index contributed by atoms with van der Waals surface area (Å²) in [7, 11) is 0. The molecule has 0 bridgehead atoms. The summed E-state index contributed by atoms with van der Waals surface area (Å²) in [4.78, 5) is 20.2. The van der Waals surface area contributed by atoms with Gasteiger partial charge in [0.05, 0.1) is 0 Å². The average Bonchev–Trinajstić information content (AvgIpc) is 3.50. The minimum atomic E-state index is -0.774. The van der Waals surface area contributed by atoms with E-state index in [0.29, 0.717) is 18.4 Å². The Bertz CT molecular complexity index is 745. The predicted octanol–water partition coefficient (Wildman–Crippen LogP) is 4.22. The van der Waals surface area contributed by atoms with Crippen LogP contribution in [-0.2, 0) is 0 Å². The molecule has 1 saturated heterocycles. The van der Waals surface area contributed by atoms with E-state index >= 15 is 0 Å². The zero-order chi connectivity index (χ0) is 18.6. The van der Waals surface area contributed by atoms with Crippen molar-refractivity contribution in [2.24, 2.45) is 5.92 Å². The molecule has 2 atom stereocenters. The van der Waals surface area contributed by atoms with Crippen LogP contribution < -0.4 is 4.90 Å². The molecule has 1 aliphatic carbocycles. The van der Waals surface area contributed by atoms with E-state index in [0.717, 1.165) is 44.6 Å². The molecule has 142 valence electrons. The minimum absolute atomic E-state index is 0.151. The standard InChI is InChI=1S/C22H27N3O2/c26-22(27)25(20-16-19(20)18-6-2-1-3-7-18)15-11-17-9-13-24(14-10-17)21-8-4-5-12-23-21/h1-8,12,17,19-20H,9-11,13-16H2,(H,26,27)/t19-,20+/m0/s1.